The van der Waals surface area contributed by atoms with E-state index in [0.717, 1.165) is 37.6 Å². The van der Waals surface area contributed by atoms with Crippen LogP contribution in [-0.2, 0) is 4.79 Å². The van der Waals surface area contributed by atoms with Crippen molar-refractivity contribution in [2.45, 2.75) is 19.4 Å². The van der Waals surface area contributed by atoms with Gasteiger partial charge in [-0.15, -0.1) is 0 Å². The van der Waals surface area contributed by atoms with Crippen LogP contribution in [0.4, 0.5) is 5.69 Å². The number of likely N-dealkylation sites (tertiary alicyclic amines) is 1. The third-order valence-electron chi connectivity index (χ3n) is 4.31. The second kappa shape index (κ2) is 6.35. The van der Waals surface area contributed by atoms with Crippen LogP contribution in [0.1, 0.15) is 13.3 Å². The van der Waals surface area contributed by atoms with Crippen molar-refractivity contribution in [3.8, 4) is 5.75 Å². The minimum Gasteiger partial charge on any atom is -0.477 e. The largest absolute Gasteiger partial charge is 0.477 e. The SMILES string of the molecule is CCN1CCC(CNC(=O)C2CNc3ccccc3O2)C1. The van der Waals surface area contributed by atoms with E-state index in [-0.39, 0.29) is 5.91 Å². The van der Waals surface area contributed by atoms with E-state index in [1.807, 2.05) is 24.3 Å². The molecule has 2 aliphatic heterocycles. The predicted octanol–water partition coefficient (Wildman–Crippen LogP) is 1.32. The number of anilines is 1. The number of hydrogen-bond acceptors (Lipinski definition) is 4. The summed E-state index contributed by atoms with van der Waals surface area (Å²) in [4.78, 5) is 14.6. The fourth-order valence-electron chi connectivity index (χ4n) is 2.98. The summed E-state index contributed by atoms with van der Waals surface area (Å²) in [5.74, 6) is 1.30. The lowest BCUT2D eigenvalue weighted by Crippen LogP contribution is -2.46. The Kier molecular flexibility index (Phi) is 4.29. The number of fused-ring (bicyclic) bond motifs is 1. The Morgan fingerprint density at radius 3 is 3.14 bits per heavy atom. The molecule has 1 fully saturated rings. The van der Waals surface area contributed by atoms with Gasteiger partial charge in [-0.1, -0.05) is 19.1 Å². The van der Waals surface area contributed by atoms with E-state index in [2.05, 4.69) is 22.5 Å². The van der Waals surface area contributed by atoms with Crippen molar-refractivity contribution in [2.24, 2.45) is 5.92 Å². The first kappa shape index (κ1) is 14.2. The summed E-state index contributed by atoms with van der Waals surface area (Å²) in [5.41, 5.74) is 0.955. The molecule has 1 aromatic carbocycles. The Morgan fingerprint density at radius 2 is 2.33 bits per heavy atom. The standard InChI is InChI=1S/C16H23N3O2/c1-2-19-8-7-12(11-19)9-18-16(20)15-10-17-13-5-3-4-6-14(13)21-15/h3-6,12,15,17H,2,7-11H2,1H3,(H,18,20). The quantitative estimate of drug-likeness (QED) is 0.878. The summed E-state index contributed by atoms with van der Waals surface area (Å²) in [7, 11) is 0. The van der Waals surface area contributed by atoms with E-state index in [9.17, 15) is 4.79 Å². The average Bonchev–Trinajstić information content (AvgIpc) is 3.00. The molecule has 2 atom stereocenters. The van der Waals surface area contributed by atoms with Gasteiger partial charge in [0.2, 0.25) is 0 Å². The normalized spacial score (nSPS) is 24.8. The summed E-state index contributed by atoms with van der Waals surface area (Å²) >= 11 is 0. The maximum Gasteiger partial charge on any atom is 0.262 e. The van der Waals surface area contributed by atoms with Gasteiger partial charge in [0.05, 0.1) is 12.2 Å². The molecule has 2 unspecified atom stereocenters. The zero-order valence-electron chi connectivity index (χ0n) is 12.5. The maximum absolute atomic E-state index is 12.2. The summed E-state index contributed by atoms with van der Waals surface area (Å²) in [5, 5.41) is 6.28. The van der Waals surface area contributed by atoms with Gasteiger partial charge in [0.15, 0.2) is 6.10 Å². The lowest BCUT2D eigenvalue weighted by Gasteiger charge is -2.26. The molecule has 2 N–H and O–H groups in total. The molecule has 3 rings (SSSR count). The van der Waals surface area contributed by atoms with Gasteiger partial charge in [0, 0.05) is 13.1 Å². The summed E-state index contributed by atoms with van der Waals surface area (Å²) < 4.78 is 5.77. The summed E-state index contributed by atoms with van der Waals surface area (Å²) in [6.07, 6.45) is 0.726. The van der Waals surface area contributed by atoms with E-state index >= 15 is 0 Å². The number of ether oxygens (including phenoxy) is 1. The number of hydrogen-bond donors (Lipinski definition) is 2. The molecule has 1 saturated heterocycles. The molecule has 0 aromatic heterocycles. The Morgan fingerprint density at radius 1 is 1.48 bits per heavy atom. The van der Waals surface area contributed by atoms with Gasteiger partial charge in [0.25, 0.3) is 5.91 Å². The van der Waals surface area contributed by atoms with Crippen LogP contribution < -0.4 is 15.4 Å². The van der Waals surface area contributed by atoms with Crippen LogP contribution >= 0.6 is 0 Å². The third-order valence-corrected chi connectivity index (χ3v) is 4.31. The Bertz CT molecular complexity index is 506. The van der Waals surface area contributed by atoms with E-state index in [1.54, 1.807) is 0 Å². The maximum atomic E-state index is 12.2. The second-order valence-electron chi connectivity index (χ2n) is 5.78. The topological polar surface area (TPSA) is 53.6 Å². The number of carbonyl (C=O) groups excluding carboxylic acids is 1. The van der Waals surface area contributed by atoms with Crippen LogP contribution in [0.25, 0.3) is 0 Å². The van der Waals surface area contributed by atoms with Gasteiger partial charge in [-0.3, -0.25) is 4.79 Å². The smallest absolute Gasteiger partial charge is 0.262 e. The van der Waals surface area contributed by atoms with E-state index in [4.69, 9.17) is 4.74 Å². The fourth-order valence-corrected chi connectivity index (χ4v) is 2.98. The number of nitrogens with one attached hydrogen (secondary N) is 2. The first-order valence-corrected chi connectivity index (χ1v) is 7.76. The van der Waals surface area contributed by atoms with Gasteiger partial charge in [-0.2, -0.15) is 0 Å². The third kappa shape index (κ3) is 3.29. The van der Waals surface area contributed by atoms with Crippen LogP contribution in [0, 0.1) is 5.92 Å². The van der Waals surface area contributed by atoms with Crippen LogP contribution in [0.2, 0.25) is 0 Å². The predicted molar refractivity (Wildman–Crippen MR) is 82.6 cm³/mol. The van der Waals surface area contributed by atoms with E-state index < -0.39 is 6.10 Å². The number of nitrogens with zero attached hydrogens (tertiary/aromatic N) is 1. The van der Waals surface area contributed by atoms with Crippen molar-refractivity contribution in [1.29, 1.82) is 0 Å². The first-order valence-electron chi connectivity index (χ1n) is 7.76. The highest BCUT2D eigenvalue weighted by molar-refractivity contribution is 5.83. The average molecular weight is 289 g/mol. The Balaban J connectivity index is 1.48. The molecular weight excluding hydrogens is 266 g/mol. The van der Waals surface area contributed by atoms with Crippen LogP contribution in [0.3, 0.4) is 0 Å². The molecule has 1 aromatic rings. The van der Waals surface area contributed by atoms with Crippen molar-refractivity contribution in [3.63, 3.8) is 0 Å². The Hall–Kier alpha value is -1.75. The lowest BCUT2D eigenvalue weighted by molar-refractivity contribution is -0.127. The zero-order chi connectivity index (χ0) is 14.7. The minimum absolute atomic E-state index is 0.0213. The monoisotopic (exact) mass is 289 g/mol. The van der Waals surface area contributed by atoms with Gasteiger partial charge in [-0.25, -0.2) is 0 Å². The van der Waals surface area contributed by atoms with Crippen molar-refractivity contribution in [2.75, 3.05) is 38.0 Å². The van der Waals surface area contributed by atoms with Gasteiger partial charge < -0.3 is 20.3 Å². The number of benzene rings is 1. The molecule has 21 heavy (non-hydrogen) atoms. The highest BCUT2D eigenvalue weighted by atomic mass is 16.5. The molecule has 0 saturated carbocycles. The van der Waals surface area contributed by atoms with E-state index in [0.29, 0.717) is 12.5 Å². The molecule has 5 nitrogen and oxygen atoms in total. The summed E-state index contributed by atoms with van der Waals surface area (Å²) in [6.45, 7) is 6.78. The van der Waals surface area contributed by atoms with Crippen LogP contribution in [-0.4, -0.2) is 49.6 Å². The van der Waals surface area contributed by atoms with Crippen molar-refractivity contribution < 1.29 is 9.53 Å². The second-order valence-corrected chi connectivity index (χ2v) is 5.78. The molecular formula is C16H23N3O2. The fraction of sp³-hybridized carbons (Fsp3) is 0.562. The number of rotatable bonds is 4. The molecule has 2 aliphatic rings. The molecule has 2 heterocycles. The van der Waals surface area contributed by atoms with Crippen molar-refractivity contribution in [1.82, 2.24) is 10.2 Å². The van der Waals surface area contributed by atoms with Crippen molar-refractivity contribution >= 4 is 11.6 Å². The molecule has 1 amide bonds. The zero-order valence-corrected chi connectivity index (χ0v) is 12.5. The minimum atomic E-state index is -0.441. The van der Waals surface area contributed by atoms with E-state index in [1.165, 1.54) is 6.42 Å². The highest BCUT2D eigenvalue weighted by Crippen LogP contribution is 2.28. The molecule has 114 valence electrons. The lowest BCUT2D eigenvalue weighted by atomic mass is 10.1. The number of carbonyl (C=O) groups is 1. The number of para-hydroxylation sites is 2. The molecule has 5 heteroatoms. The van der Waals surface area contributed by atoms with Crippen LogP contribution in [0.15, 0.2) is 24.3 Å². The highest BCUT2D eigenvalue weighted by Gasteiger charge is 2.27. The van der Waals surface area contributed by atoms with Gasteiger partial charge in [0.1, 0.15) is 5.75 Å². The first-order chi connectivity index (χ1) is 10.3. The summed E-state index contributed by atoms with van der Waals surface area (Å²) in [6, 6.07) is 7.72. The van der Waals surface area contributed by atoms with Gasteiger partial charge in [-0.05, 0) is 37.6 Å². The van der Waals surface area contributed by atoms with Crippen molar-refractivity contribution in [3.05, 3.63) is 24.3 Å². The number of amides is 1. The molecule has 0 radical (unpaired) electrons. The van der Waals surface area contributed by atoms with Crippen LogP contribution in [0.5, 0.6) is 5.75 Å². The molecule has 0 bridgehead atoms. The Labute approximate surface area is 125 Å². The molecule has 0 aliphatic carbocycles. The van der Waals surface area contributed by atoms with Gasteiger partial charge >= 0.3 is 0 Å². The molecule has 0 spiro atoms.